The van der Waals surface area contributed by atoms with Gasteiger partial charge in [0.25, 0.3) is 0 Å². The van der Waals surface area contributed by atoms with Crippen LogP contribution in [0.1, 0.15) is 18.4 Å². The van der Waals surface area contributed by atoms with Gasteiger partial charge >= 0.3 is 0 Å². The molecule has 0 aromatic carbocycles. The van der Waals surface area contributed by atoms with Crippen LogP contribution >= 0.6 is 0 Å². The van der Waals surface area contributed by atoms with Crippen LogP contribution in [-0.4, -0.2) is 30.9 Å². The van der Waals surface area contributed by atoms with Crippen LogP contribution in [0.3, 0.4) is 0 Å². The number of nitrogens with zero attached hydrogens (tertiary/aromatic N) is 5. The van der Waals surface area contributed by atoms with Gasteiger partial charge in [-0.1, -0.05) is 0 Å². The van der Waals surface area contributed by atoms with Gasteiger partial charge in [-0.25, -0.2) is 14.6 Å². The average molecular weight is 220 g/mol. The Labute approximate surface area is 94.1 Å². The van der Waals surface area contributed by atoms with E-state index in [2.05, 4.69) is 15.1 Å². The third-order valence-electron chi connectivity index (χ3n) is 2.41. The summed E-state index contributed by atoms with van der Waals surface area (Å²) in [5.74, 6) is 0.944. The Morgan fingerprint density at radius 2 is 2.25 bits per heavy atom. The van der Waals surface area contributed by atoms with Gasteiger partial charge in [0.15, 0.2) is 0 Å². The number of nitrogens with two attached hydrogens (primary N) is 1. The Morgan fingerprint density at radius 1 is 1.38 bits per heavy atom. The van der Waals surface area contributed by atoms with Crippen molar-refractivity contribution in [2.45, 2.75) is 26.4 Å². The second-order valence-corrected chi connectivity index (χ2v) is 3.57. The normalized spacial score (nSPS) is 10.9. The average Bonchev–Trinajstić information content (AvgIpc) is 2.89. The van der Waals surface area contributed by atoms with Crippen LogP contribution in [0.2, 0.25) is 0 Å². The maximum atomic E-state index is 5.48. The minimum absolute atomic E-state index is 0.627. The van der Waals surface area contributed by atoms with Crippen molar-refractivity contribution < 1.29 is 0 Å². The summed E-state index contributed by atoms with van der Waals surface area (Å²) < 4.78 is 3.88. The molecule has 0 radical (unpaired) electrons. The first kappa shape index (κ1) is 10.8. The first-order chi connectivity index (χ1) is 7.83. The van der Waals surface area contributed by atoms with Crippen molar-refractivity contribution >= 4 is 0 Å². The van der Waals surface area contributed by atoms with Gasteiger partial charge in [0.05, 0.1) is 18.6 Å². The third kappa shape index (κ3) is 2.27. The minimum atomic E-state index is 0.627. The summed E-state index contributed by atoms with van der Waals surface area (Å²) in [5, 5.41) is 4.13. The molecule has 0 atom stereocenters. The van der Waals surface area contributed by atoms with E-state index in [1.165, 1.54) is 0 Å². The van der Waals surface area contributed by atoms with E-state index in [1.807, 2.05) is 22.4 Å². The lowest BCUT2D eigenvalue weighted by Crippen LogP contribution is -2.08. The predicted molar refractivity (Wildman–Crippen MR) is 59.8 cm³/mol. The Kier molecular flexibility index (Phi) is 3.31. The Morgan fingerprint density at radius 3 is 3.00 bits per heavy atom. The second kappa shape index (κ2) is 4.89. The van der Waals surface area contributed by atoms with E-state index in [-0.39, 0.29) is 0 Å². The van der Waals surface area contributed by atoms with Gasteiger partial charge in [0, 0.05) is 19.2 Å². The second-order valence-electron chi connectivity index (χ2n) is 3.57. The minimum Gasteiger partial charge on any atom is -0.330 e. The Balaban J connectivity index is 2.08. The number of aromatic nitrogens is 5. The molecule has 2 aromatic rings. The van der Waals surface area contributed by atoms with Gasteiger partial charge in [-0.2, -0.15) is 5.10 Å². The molecule has 6 nitrogen and oxygen atoms in total. The fraction of sp³-hybridized carbons (Fsp3) is 0.500. The number of imidazole rings is 1. The van der Waals surface area contributed by atoms with Crippen molar-refractivity contribution in [3.63, 3.8) is 0 Å². The molecule has 0 bridgehead atoms. The van der Waals surface area contributed by atoms with Gasteiger partial charge in [-0.3, -0.25) is 0 Å². The van der Waals surface area contributed by atoms with E-state index in [4.69, 9.17) is 5.73 Å². The summed E-state index contributed by atoms with van der Waals surface area (Å²) >= 11 is 0. The van der Waals surface area contributed by atoms with Gasteiger partial charge in [-0.15, -0.1) is 0 Å². The van der Waals surface area contributed by atoms with Crippen LogP contribution in [-0.2, 0) is 19.5 Å². The molecule has 0 saturated carbocycles. The quantitative estimate of drug-likeness (QED) is 0.772. The maximum absolute atomic E-state index is 5.48. The van der Waals surface area contributed by atoms with E-state index < -0.39 is 0 Å². The lowest BCUT2D eigenvalue weighted by Gasteiger charge is -2.02. The molecule has 2 rings (SSSR count). The molecule has 0 aliphatic heterocycles. The van der Waals surface area contributed by atoms with Crippen molar-refractivity contribution in [2.24, 2.45) is 5.73 Å². The van der Waals surface area contributed by atoms with Crippen LogP contribution in [0.15, 0.2) is 18.9 Å². The standard InChI is InChI=1S/C10H16N6/c1-2-16-10(12-7-14-16)6-15-5-9(3-4-11)13-8-15/h5,7-8H,2-4,6,11H2,1H3. The van der Waals surface area contributed by atoms with Crippen LogP contribution < -0.4 is 5.73 Å². The zero-order valence-electron chi connectivity index (χ0n) is 9.37. The highest BCUT2D eigenvalue weighted by molar-refractivity contribution is 4.99. The zero-order chi connectivity index (χ0) is 11.4. The van der Waals surface area contributed by atoms with Crippen LogP contribution in [0, 0.1) is 0 Å². The zero-order valence-corrected chi connectivity index (χ0v) is 9.37. The van der Waals surface area contributed by atoms with Crippen molar-refractivity contribution in [1.82, 2.24) is 24.3 Å². The number of rotatable bonds is 5. The van der Waals surface area contributed by atoms with E-state index >= 15 is 0 Å². The Bertz CT molecular complexity index is 444. The molecule has 0 unspecified atom stereocenters. The van der Waals surface area contributed by atoms with Gasteiger partial charge in [0.1, 0.15) is 12.2 Å². The largest absolute Gasteiger partial charge is 0.330 e. The molecule has 16 heavy (non-hydrogen) atoms. The predicted octanol–water partition coefficient (Wildman–Crippen LogP) is 0.0440. The summed E-state index contributed by atoms with van der Waals surface area (Å²) in [7, 11) is 0. The maximum Gasteiger partial charge on any atom is 0.146 e. The fourth-order valence-electron chi connectivity index (χ4n) is 1.61. The summed E-state index contributed by atoms with van der Waals surface area (Å²) in [6.07, 6.45) is 6.20. The summed E-state index contributed by atoms with van der Waals surface area (Å²) in [4.78, 5) is 8.48. The van der Waals surface area contributed by atoms with Crippen LogP contribution in [0.5, 0.6) is 0 Å². The van der Waals surface area contributed by atoms with E-state index in [0.29, 0.717) is 13.1 Å². The van der Waals surface area contributed by atoms with Crippen molar-refractivity contribution in [2.75, 3.05) is 6.54 Å². The fourth-order valence-corrected chi connectivity index (χ4v) is 1.61. The summed E-state index contributed by atoms with van der Waals surface area (Å²) in [6, 6.07) is 0. The van der Waals surface area contributed by atoms with Crippen molar-refractivity contribution in [3.05, 3.63) is 30.4 Å². The van der Waals surface area contributed by atoms with E-state index in [9.17, 15) is 0 Å². The molecule has 2 aromatic heterocycles. The number of hydrogen-bond donors (Lipinski definition) is 1. The molecule has 86 valence electrons. The molecule has 0 spiro atoms. The highest BCUT2D eigenvalue weighted by Gasteiger charge is 2.04. The topological polar surface area (TPSA) is 74.5 Å². The molecule has 0 saturated heterocycles. The monoisotopic (exact) mass is 220 g/mol. The molecule has 6 heteroatoms. The van der Waals surface area contributed by atoms with E-state index in [1.54, 1.807) is 12.7 Å². The Hall–Kier alpha value is -1.69. The highest BCUT2D eigenvalue weighted by Crippen LogP contribution is 2.01. The molecule has 0 amide bonds. The third-order valence-corrected chi connectivity index (χ3v) is 2.41. The van der Waals surface area contributed by atoms with Gasteiger partial charge in [0.2, 0.25) is 0 Å². The summed E-state index contributed by atoms with van der Waals surface area (Å²) in [6.45, 7) is 4.21. The smallest absolute Gasteiger partial charge is 0.146 e. The van der Waals surface area contributed by atoms with Gasteiger partial charge in [-0.05, 0) is 13.5 Å². The first-order valence-electron chi connectivity index (χ1n) is 5.41. The van der Waals surface area contributed by atoms with Crippen LogP contribution in [0.4, 0.5) is 0 Å². The lowest BCUT2D eigenvalue weighted by atomic mass is 10.3. The number of hydrogen-bond acceptors (Lipinski definition) is 4. The molecule has 2 N–H and O–H groups in total. The van der Waals surface area contributed by atoms with Gasteiger partial charge < -0.3 is 10.3 Å². The number of aryl methyl sites for hydroxylation is 1. The molecule has 0 aliphatic rings. The SMILES string of the molecule is CCn1ncnc1Cn1cnc(CCN)c1. The lowest BCUT2D eigenvalue weighted by molar-refractivity contribution is 0.591. The summed E-state index contributed by atoms with van der Waals surface area (Å²) in [5.41, 5.74) is 6.49. The van der Waals surface area contributed by atoms with E-state index in [0.717, 1.165) is 24.5 Å². The molecule has 0 aliphatic carbocycles. The van der Waals surface area contributed by atoms with Crippen molar-refractivity contribution in [1.29, 1.82) is 0 Å². The molecule has 2 heterocycles. The molecular weight excluding hydrogens is 204 g/mol. The highest BCUT2D eigenvalue weighted by atomic mass is 15.3. The molecule has 0 fully saturated rings. The van der Waals surface area contributed by atoms with Crippen LogP contribution in [0.25, 0.3) is 0 Å². The molecular formula is C10H16N6. The van der Waals surface area contributed by atoms with Crippen molar-refractivity contribution in [3.8, 4) is 0 Å². The first-order valence-corrected chi connectivity index (χ1v) is 5.41.